The summed E-state index contributed by atoms with van der Waals surface area (Å²) in [6.45, 7) is 1.94. The predicted octanol–water partition coefficient (Wildman–Crippen LogP) is 7.72. The third kappa shape index (κ3) is 4.22. The minimum absolute atomic E-state index is 0.0578. The van der Waals surface area contributed by atoms with Crippen LogP contribution in [0.3, 0.4) is 0 Å². The van der Waals surface area contributed by atoms with Crippen molar-refractivity contribution in [1.29, 1.82) is 0 Å². The zero-order valence-corrected chi connectivity index (χ0v) is 20.9. The van der Waals surface area contributed by atoms with Gasteiger partial charge in [-0.2, -0.15) is 0 Å². The van der Waals surface area contributed by atoms with Gasteiger partial charge in [-0.05, 0) is 56.9 Å². The fourth-order valence-corrected chi connectivity index (χ4v) is 6.26. The molecule has 5 nitrogen and oxygen atoms in total. The van der Waals surface area contributed by atoms with Crippen LogP contribution in [0.4, 0.5) is 0 Å². The summed E-state index contributed by atoms with van der Waals surface area (Å²) < 4.78 is 7.57. The molecule has 0 N–H and O–H groups in total. The van der Waals surface area contributed by atoms with E-state index in [-0.39, 0.29) is 11.7 Å². The Balaban J connectivity index is 1.18. The van der Waals surface area contributed by atoms with Crippen LogP contribution in [0.1, 0.15) is 52.7 Å². The summed E-state index contributed by atoms with van der Waals surface area (Å²) >= 11 is 1.70. The summed E-state index contributed by atoms with van der Waals surface area (Å²) in [5.74, 6) is 1.47. The minimum Gasteiger partial charge on any atom is -0.360 e. The topological polar surface area (TPSA) is 60.9 Å². The van der Waals surface area contributed by atoms with Gasteiger partial charge in [-0.3, -0.25) is 4.79 Å². The largest absolute Gasteiger partial charge is 0.360 e. The van der Waals surface area contributed by atoms with Gasteiger partial charge < -0.3 is 9.09 Å². The average molecular weight is 494 g/mol. The Morgan fingerprint density at radius 3 is 2.44 bits per heavy atom. The quantitative estimate of drug-likeness (QED) is 0.227. The highest BCUT2D eigenvalue weighted by molar-refractivity contribution is 7.10. The first-order valence-electron chi connectivity index (χ1n) is 12.4. The number of ketones is 1. The summed E-state index contributed by atoms with van der Waals surface area (Å²) in [6.07, 6.45) is 7.71. The molecule has 6 heteroatoms. The summed E-state index contributed by atoms with van der Waals surface area (Å²) in [7, 11) is 0. The molecule has 0 radical (unpaired) electrons. The first-order chi connectivity index (χ1) is 17.7. The van der Waals surface area contributed by atoms with Crippen molar-refractivity contribution in [1.82, 2.24) is 14.7 Å². The smallest absolute Gasteiger partial charge is 0.168 e. The van der Waals surface area contributed by atoms with Crippen LogP contribution >= 0.6 is 11.3 Å². The maximum atomic E-state index is 13.5. The number of nitrogens with zero attached hydrogens (tertiary/aromatic N) is 3. The van der Waals surface area contributed by atoms with Crippen LogP contribution in [0, 0.1) is 12.8 Å². The molecule has 1 aliphatic rings. The molecule has 3 aromatic heterocycles. The normalized spacial score (nSPS) is 17.8. The van der Waals surface area contributed by atoms with E-state index in [1.165, 1.54) is 0 Å². The van der Waals surface area contributed by atoms with Crippen molar-refractivity contribution < 1.29 is 9.32 Å². The van der Waals surface area contributed by atoms with Gasteiger partial charge in [-0.25, -0.2) is 4.98 Å². The SMILES string of the molecule is Cc1onc(-c2ccccc2)c1-c1csc(C2CCC(C(=O)c3ccccc3-n3cccc3)CC2)n1. The van der Waals surface area contributed by atoms with Gasteiger partial charge in [0.2, 0.25) is 0 Å². The van der Waals surface area contributed by atoms with Crippen LogP contribution in [0.15, 0.2) is 89.0 Å². The van der Waals surface area contributed by atoms with Crippen molar-refractivity contribution >= 4 is 17.1 Å². The van der Waals surface area contributed by atoms with Gasteiger partial charge in [0.05, 0.1) is 22.0 Å². The Morgan fingerprint density at radius 1 is 0.944 bits per heavy atom. The number of aromatic nitrogens is 3. The van der Waals surface area contributed by atoms with Crippen molar-refractivity contribution in [3.8, 4) is 28.2 Å². The van der Waals surface area contributed by atoms with Crippen LogP contribution < -0.4 is 0 Å². The maximum absolute atomic E-state index is 13.5. The molecule has 0 atom stereocenters. The fourth-order valence-electron chi connectivity index (χ4n) is 5.28. The number of Topliss-reactive ketones (excluding diaryl/α,β-unsaturated/α-hetero) is 1. The molecule has 1 fully saturated rings. The third-order valence-corrected chi connectivity index (χ3v) is 8.19. The number of carbonyl (C=O) groups excluding carboxylic acids is 1. The lowest BCUT2D eigenvalue weighted by Gasteiger charge is -2.27. The second-order valence-corrected chi connectivity index (χ2v) is 10.3. The molecule has 0 saturated heterocycles. The highest BCUT2D eigenvalue weighted by Gasteiger charge is 2.31. The first kappa shape index (κ1) is 22.7. The average Bonchev–Trinajstić information content (AvgIpc) is 3.70. The molecular formula is C30H27N3O2S. The van der Waals surface area contributed by atoms with Gasteiger partial charge in [0, 0.05) is 40.7 Å². The maximum Gasteiger partial charge on any atom is 0.168 e. The number of hydrogen-bond donors (Lipinski definition) is 0. The van der Waals surface area contributed by atoms with Gasteiger partial charge in [0.25, 0.3) is 0 Å². The van der Waals surface area contributed by atoms with E-state index >= 15 is 0 Å². The third-order valence-electron chi connectivity index (χ3n) is 7.19. The Labute approximate surface area is 214 Å². The molecule has 0 bridgehead atoms. The molecule has 5 aromatic rings. The molecule has 36 heavy (non-hydrogen) atoms. The Bertz CT molecular complexity index is 1480. The van der Waals surface area contributed by atoms with Gasteiger partial charge >= 0.3 is 0 Å². The molecular weight excluding hydrogens is 466 g/mol. The van der Waals surface area contributed by atoms with E-state index < -0.39 is 0 Å². The number of rotatable bonds is 6. The van der Waals surface area contributed by atoms with Crippen molar-refractivity contribution in [2.24, 2.45) is 5.92 Å². The summed E-state index contributed by atoms with van der Waals surface area (Å²) in [5.41, 5.74) is 5.52. The number of aryl methyl sites for hydroxylation is 1. The molecule has 2 aromatic carbocycles. The highest BCUT2D eigenvalue weighted by atomic mass is 32.1. The van der Waals surface area contributed by atoms with E-state index in [2.05, 4.69) is 10.5 Å². The van der Waals surface area contributed by atoms with Crippen LogP contribution in [0.25, 0.3) is 28.2 Å². The molecule has 1 aliphatic carbocycles. The molecule has 0 amide bonds. The number of benzene rings is 2. The monoisotopic (exact) mass is 493 g/mol. The van der Waals surface area contributed by atoms with Crippen LogP contribution in [0.5, 0.6) is 0 Å². The molecule has 3 heterocycles. The predicted molar refractivity (Wildman–Crippen MR) is 143 cm³/mol. The molecule has 0 aliphatic heterocycles. The molecule has 0 spiro atoms. The minimum atomic E-state index is 0.0578. The summed E-state index contributed by atoms with van der Waals surface area (Å²) in [4.78, 5) is 18.5. The molecule has 180 valence electrons. The highest BCUT2D eigenvalue weighted by Crippen LogP contribution is 2.41. The second-order valence-electron chi connectivity index (χ2n) is 9.42. The summed E-state index contributed by atoms with van der Waals surface area (Å²) in [5, 5.41) is 7.58. The number of thiazole rings is 1. The number of hydrogen-bond acceptors (Lipinski definition) is 5. The lowest BCUT2D eigenvalue weighted by atomic mass is 9.78. The van der Waals surface area contributed by atoms with Crippen LogP contribution in [-0.4, -0.2) is 20.5 Å². The van der Waals surface area contributed by atoms with Crippen molar-refractivity contribution in [2.75, 3.05) is 0 Å². The van der Waals surface area contributed by atoms with E-state index in [0.29, 0.717) is 5.92 Å². The number of para-hydroxylation sites is 1. The Kier molecular flexibility index (Phi) is 6.11. The standard InChI is InChI=1S/C30H27N3O2S/c1-20-27(28(32-35-20)21-9-3-2-4-10-21)25-19-36-30(31-25)23-15-13-22(14-16-23)29(34)24-11-5-6-12-26(24)33-17-7-8-18-33/h2-12,17-19,22-23H,13-16H2,1H3. The lowest BCUT2D eigenvalue weighted by Crippen LogP contribution is -2.22. The molecule has 0 unspecified atom stereocenters. The van der Waals surface area contributed by atoms with Crippen molar-refractivity contribution in [3.63, 3.8) is 0 Å². The molecule has 1 saturated carbocycles. The lowest BCUT2D eigenvalue weighted by molar-refractivity contribution is 0.0884. The summed E-state index contributed by atoms with van der Waals surface area (Å²) in [6, 6.07) is 22.0. The van der Waals surface area contributed by atoms with Crippen molar-refractivity contribution in [2.45, 2.75) is 38.5 Å². The fraction of sp³-hybridized carbons (Fsp3) is 0.233. The van der Waals surface area contributed by atoms with Gasteiger partial charge in [0.1, 0.15) is 11.5 Å². The van der Waals surface area contributed by atoms with Crippen LogP contribution in [0.2, 0.25) is 0 Å². The zero-order chi connectivity index (χ0) is 24.5. The number of carbonyl (C=O) groups is 1. The van der Waals surface area contributed by atoms with Crippen LogP contribution in [-0.2, 0) is 0 Å². The van der Waals surface area contributed by atoms with E-state index in [1.807, 2.05) is 90.6 Å². The zero-order valence-electron chi connectivity index (χ0n) is 20.1. The van der Waals surface area contributed by atoms with Gasteiger partial charge in [0.15, 0.2) is 5.78 Å². The van der Waals surface area contributed by atoms with Gasteiger partial charge in [-0.1, -0.05) is 47.6 Å². The second kappa shape index (κ2) is 9.70. The van der Waals surface area contributed by atoms with Gasteiger partial charge in [-0.15, -0.1) is 11.3 Å². The van der Waals surface area contributed by atoms with Crippen molar-refractivity contribution in [3.05, 3.63) is 101 Å². The molecule has 6 rings (SSSR count). The Morgan fingerprint density at radius 2 is 1.67 bits per heavy atom. The van der Waals surface area contributed by atoms with E-state index in [4.69, 9.17) is 9.51 Å². The first-order valence-corrected chi connectivity index (χ1v) is 13.3. The van der Waals surface area contributed by atoms with E-state index in [1.54, 1.807) is 11.3 Å². The Hall–Kier alpha value is -3.77. The van der Waals surface area contributed by atoms with E-state index in [0.717, 1.165) is 70.2 Å². The van der Waals surface area contributed by atoms with E-state index in [9.17, 15) is 4.79 Å².